The Labute approximate surface area is 92.3 Å². The predicted octanol–water partition coefficient (Wildman–Crippen LogP) is 5.10. The van der Waals surface area contributed by atoms with Crippen LogP contribution in [0, 0.1) is 0 Å². The van der Waals surface area contributed by atoms with Crippen LogP contribution >= 0.6 is 21.5 Å². The van der Waals surface area contributed by atoms with E-state index in [0.29, 0.717) is 0 Å². The monoisotopic (exact) mass is 265 g/mol. The van der Waals surface area contributed by atoms with Gasteiger partial charge < -0.3 is 0 Å². The third-order valence-electron chi connectivity index (χ3n) is 2.28. The smallest absolute Gasteiger partial charge is 0.0995 e. The van der Waals surface area contributed by atoms with Gasteiger partial charge in [-0.3, -0.25) is 0 Å². The van der Waals surface area contributed by atoms with Crippen molar-refractivity contribution in [1.29, 1.82) is 0 Å². The summed E-state index contributed by atoms with van der Waals surface area (Å²) in [6, 6.07) is 0. The first-order valence-electron chi connectivity index (χ1n) is 5.35. The van der Waals surface area contributed by atoms with E-state index in [1.165, 1.54) is 44.2 Å². The Kier molecular flexibility index (Phi) is 8.40. The first kappa shape index (κ1) is 13.7. The molecule has 0 saturated carbocycles. The van der Waals surface area contributed by atoms with Gasteiger partial charge in [0, 0.05) is 0 Å². The van der Waals surface area contributed by atoms with Gasteiger partial charge in [-0.1, -0.05) is 39.3 Å². The fourth-order valence-electron chi connectivity index (χ4n) is 1.41. The van der Waals surface area contributed by atoms with Crippen LogP contribution in [0.25, 0.3) is 0 Å². The van der Waals surface area contributed by atoms with Crippen LogP contribution in [0.1, 0.15) is 39.5 Å². The van der Waals surface area contributed by atoms with Gasteiger partial charge in [0.25, 0.3) is 0 Å². The average molecular weight is 266 g/mol. The summed E-state index contributed by atoms with van der Waals surface area (Å²) in [7, 11) is 0. The number of hydrogen-bond acceptors (Lipinski definition) is 0. The van der Waals surface area contributed by atoms with E-state index in [1.54, 1.807) is 0 Å². The summed E-state index contributed by atoms with van der Waals surface area (Å²) < 4.78 is 0. The normalized spacial score (nSPS) is 11.6. The highest BCUT2D eigenvalue weighted by Gasteiger charge is 2.31. The van der Waals surface area contributed by atoms with Crippen LogP contribution in [0.15, 0.2) is 12.7 Å². The van der Waals surface area contributed by atoms with E-state index in [1.807, 2.05) is 0 Å². The molecule has 0 aromatic rings. The molecule has 0 aliphatic rings. The molecule has 0 fully saturated rings. The second-order valence-electron chi connectivity index (χ2n) is 3.65. The molecule has 0 N–H and O–H groups in total. The van der Waals surface area contributed by atoms with Gasteiger partial charge in [-0.05, 0) is 12.8 Å². The highest BCUT2D eigenvalue weighted by molar-refractivity contribution is 9.42. The van der Waals surface area contributed by atoms with Crippen LogP contribution in [0.4, 0.5) is 0 Å². The molecular weight excluding hydrogens is 243 g/mol. The van der Waals surface area contributed by atoms with Crippen molar-refractivity contribution in [2.24, 2.45) is 0 Å². The van der Waals surface area contributed by atoms with E-state index in [0.717, 1.165) is 0 Å². The Morgan fingerprint density at radius 3 is 1.92 bits per heavy atom. The second kappa shape index (κ2) is 8.00. The van der Waals surface area contributed by atoms with Crippen molar-refractivity contribution in [2.45, 2.75) is 39.5 Å². The summed E-state index contributed by atoms with van der Waals surface area (Å²) in [6.45, 7) is 8.40. The first-order valence-corrected chi connectivity index (χ1v) is 9.71. The zero-order chi connectivity index (χ0) is 10.2. The lowest BCUT2D eigenvalue weighted by Gasteiger charge is -2.17. The number of unbranched alkanes of at least 4 members (excludes halogenated alkanes) is 2. The Balaban J connectivity index is 3.90. The minimum atomic E-state index is -0.808. The van der Waals surface area contributed by atoms with Crippen molar-refractivity contribution in [3.63, 3.8) is 0 Å². The van der Waals surface area contributed by atoms with Gasteiger partial charge >= 0.3 is 0 Å². The summed E-state index contributed by atoms with van der Waals surface area (Å²) >= 11 is 3.99. The number of rotatable bonds is 8. The summed E-state index contributed by atoms with van der Waals surface area (Å²) in [4.78, 5) is 0. The SMILES string of the molecule is C=CC[P+](Br)(CCCC)CCCC. The molecule has 0 aliphatic heterocycles. The maximum atomic E-state index is 3.99. The van der Waals surface area contributed by atoms with Crippen molar-refractivity contribution in [1.82, 2.24) is 0 Å². The molecule has 0 bridgehead atoms. The fourth-order valence-corrected chi connectivity index (χ4v) is 6.34. The van der Waals surface area contributed by atoms with E-state index in [4.69, 9.17) is 0 Å². The molecule has 13 heavy (non-hydrogen) atoms. The second-order valence-corrected chi connectivity index (χ2v) is 11.5. The van der Waals surface area contributed by atoms with Crippen molar-refractivity contribution >= 4 is 21.5 Å². The molecule has 0 aliphatic carbocycles. The zero-order valence-corrected chi connectivity index (χ0v) is 11.5. The molecule has 0 aromatic carbocycles. The maximum Gasteiger partial charge on any atom is 0.139 e. The molecular formula is C11H23BrP+. The van der Waals surface area contributed by atoms with Crippen molar-refractivity contribution < 1.29 is 0 Å². The van der Waals surface area contributed by atoms with E-state index in [2.05, 4.69) is 42.0 Å². The predicted molar refractivity (Wildman–Crippen MR) is 70.5 cm³/mol. The summed E-state index contributed by atoms with van der Waals surface area (Å²) in [5.41, 5.74) is 0. The van der Waals surface area contributed by atoms with Gasteiger partial charge in [0.15, 0.2) is 0 Å². The molecule has 0 unspecified atom stereocenters. The number of hydrogen-bond donors (Lipinski definition) is 0. The summed E-state index contributed by atoms with van der Waals surface area (Å²) in [6.07, 6.45) is 11.5. The molecule has 0 heterocycles. The van der Waals surface area contributed by atoms with E-state index >= 15 is 0 Å². The van der Waals surface area contributed by atoms with E-state index in [-0.39, 0.29) is 0 Å². The third-order valence-corrected chi connectivity index (χ3v) is 8.43. The average Bonchev–Trinajstić information content (AvgIpc) is 2.12. The molecule has 0 nitrogen and oxygen atoms in total. The third kappa shape index (κ3) is 6.69. The van der Waals surface area contributed by atoms with Gasteiger partial charge in [0.1, 0.15) is 15.5 Å². The quantitative estimate of drug-likeness (QED) is 0.423. The fraction of sp³-hybridized carbons (Fsp3) is 0.818. The Morgan fingerprint density at radius 1 is 1.15 bits per heavy atom. The Morgan fingerprint density at radius 2 is 1.62 bits per heavy atom. The molecule has 0 saturated heterocycles. The standard InChI is InChI=1S/C11H23BrP/c1-4-7-10-13(12,9-6-3)11-8-5-2/h6H,3-5,7-11H2,1-2H3/q+1. The van der Waals surface area contributed by atoms with E-state index < -0.39 is 5.96 Å². The molecule has 2 heteroatoms. The van der Waals surface area contributed by atoms with Crippen molar-refractivity contribution in [2.75, 3.05) is 18.5 Å². The van der Waals surface area contributed by atoms with Crippen LogP contribution < -0.4 is 0 Å². The highest BCUT2D eigenvalue weighted by atomic mass is 79.9. The number of allylic oxidation sites excluding steroid dienone is 1. The Hall–Kier alpha value is 0.650. The molecule has 78 valence electrons. The van der Waals surface area contributed by atoms with Crippen LogP contribution in [-0.2, 0) is 0 Å². The summed E-state index contributed by atoms with van der Waals surface area (Å²) in [5, 5.41) is 0. The lowest BCUT2D eigenvalue weighted by atomic mass is 10.4. The maximum absolute atomic E-state index is 3.99. The van der Waals surface area contributed by atoms with Crippen molar-refractivity contribution in [3.05, 3.63) is 12.7 Å². The van der Waals surface area contributed by atoms with E-state index in [9.17, 15) is 0 Å². The van der Waals surface area contributed by atoms with Gasteiger partial charge in [0.2, 0.25) is 0 Å². The van der Waals surface area contributed by atoms with Crippen LogP contribution in [-0.4, -0.2) is 18.5 Å². The molecule has 0 radical (unpaired) electrons. The minimum Gasteiger partial charge on any atom is -0.0995 e. The van der Waals surface area contributed by atoms with Crippen LogP contribution in [0.3, 0.4) is 0 Å². The zero-order valence-electron chi connectivity index (χ0n) is 9.06. The number of halogens is 1. The largest absolute Gasteiger partial charge is 0.139 e. The van der Waals surface area contributed by atoms with Crippen LogP contribution in [0.2, 0.25) is 0 Å². The molecule has 0 rings (SSSR count). The summed E-state index contributed by atoms with van der Waals surface area (Å²) in [5.74, 6) is -0.808. The first-order chi connectivity index (χ1) is 6.18. The van der Waals surface area contributed by atoms with Gasteiger partial charge in [-0.25, -0.2) is 0 Å². The minimum absolute atomic E-state index is 0.808. The lowest BCUT2D eigenvalue weighted by molar-refractivity contribution is 0.866. The van der Waals surface area contributed by atoms with Crippen molar-refractivity contribution in [3.8, 4) is 0 Å². The van der Waals surface area contributed by atoms with Crippen LogP contribution in [0.5, 0.6) is 0 Å². The molecule has 0 amide bonds. The topological polar surface area (TPSA) is 0 Å². The molecule has 0 atom stereocenters. The van der Waals surface area contributed by atoms with Gasteiger partial charge in [-0.2, -0.15) is 0 Å². The van der Waals surface area contributed by atoms with Gasteiger partial charge in [0.05, 0.1) is 24.5 Å². The van der Waals surface area contributed by atoms with Gasteiger partial charge in [-0.15, -0.1) is 0 Å². The lowest BCUT2D eigenvalue weighted by Crippen LogP contribution is -2.00. The Bertz CT molecular complexity index is 126. The molecule has 0 spiro atoms. The molecule has 0 aromatic heterocycles. The highest BCUT2D eigenvalue weighted by Crippen LogP contribution is 2.67.